The van der Waals surface area contributed by atoms with Gasteiger partial charge in [-0.1, -0.05) is 49.4 Å². The molecule has 6 rings (SSSR count). The van der Waals surface area contributed by atoms with Gasteiger partial charge in [0, 0.05) is 11.8 Å². The number of carbonyl (C=O) groups excluding carboxylic acids is 1. The van der Waals surface area contributed by atoms with Crippen molar-refractivity contribution in [1.29, 1.82) is 0 Å². The molecule has 5 heterocycles. The number of nitrogens with zero attached hydrogens (tertiary/aromatic N) is 7. The van der Waals surface area contributed by atoms with Gasteiger partial charge in [-0.05, 0) is 42.7 Å². The molecule has 0 atom stereocenters. The zero-order valence-electron chi connectivity index (χ0n) is 23.1. The summed E-state index contributed by atoms with van der Waals surface area (Å²) in [5.74, 6) is -0.515. The lowest BCUT2D eigenvalue weighted by Gasteiger charge is -2.44. The fraction of sp³-hybridized carbons (Fsp3) is 0.276. The average molecular weight is 589 g/mol. The molecular formula is C29H26ClFN8O3. The number of para-hydroxylation sites is 1. The van der Waals surface area contributed by atoms with E-state index < -0.39 is 29.2 Å². The van der Waals surface area contributed by atoms with Crippen molar-refractivity contribution < 1.29 is 9.18 Å². The molecule has 1 aliphatic rings. The number of amides is 1. The van der Waals surface area contributed by atoms with E-state index in [0.717, 1.165) is 10.6 Å². The molecule has 0 saturated carbocycles. The third kappa shape index (κ3) is 4.30. The molecular weight excluding hydrogens is 563 g/mol. The molecule has 1 fully saturated rings. The standard InChI is InChI=1S/C29H26ClFN8O3/c1-5-21(40)37-12-29(31,13-37)14-38-20-11-18(30)23(17-7-6-8-19-24(17)35-36-34-19)33-26(20)39(28(42)27(38)41)25-16(4)9-10-32-22(25)15(2)3/h5-11,15H,1,12-14H2,2-4H3,(H,34,35,36). The van der Waals surface area contributed by atoms with Gasteiger partial charge in [-0.25, -0.2) is 9.37 Å². The Labute approximate surface area is 243 Å². The van der Waals surface area contributed by atoms with Crippen LogP contribution in [0.3, 0.4) is 0 Å². The van der Waals surface area contributed by atoms with Crippen LogP contribution in [-0.4, -0.2) is 64.1 Å². The average Bonchev–Trinajstić information content (AvgIpc) is 3.44. The molecule has 1 N–H and O–H groups in total. The van der Waals surface area contributed by atoms with Gasteiger partial charge in [0.1, 0.15) is 5.52 Å². The highest BCUT2D eigenvalue weighted by molar-refractivity contribution is 6.34. The number of rotatable bonds is 6. The first-order valence-electron chi connectivity index (χ1n) is 13.3. The smallest absolute Gasteiger partial charge is 0.322 e. The summed E-state index contributed by atoms with van der Waals surface area (Å²) in [4.78, 5) is 50.3. The Bertz CT molecular complexity index is 2040. The van der Waals surface area contributed by atoms with Crippen LogP contribution in [0.2, 0.25) is 5.02 Å². The van der Waals surface area contributed by atoms with E-state index in [9.17, 15) is 14.4 Å². The maximum absolute atomic E-state index is 15.8. The number of hydrogen-bond acceptors (Lipinski definition) is 7. The number of halogens is 2. The third-order valence-electron chi connectivity index (χ3n) is 7.49. The van der Waals surface area contributed by atoms with Crippen molar-refractivity contribution in [3.05, 3.63) is 86.2 Å². The largest absolute Gasteiger partial charge is 0.332 e. The zero-order chi connectivity index (χ0) is 29.9. The number of likely N-dealkylation sites (tertiary alicyclic amines) is 1. The van der Waals surface area contributed by atoms with Crippen molar-refractivity contribution in [2.75, 3.05) is 13.1 Å². The summed E-state index contributed by atoms with van der Waals surface area (Å²) >= 11 is 6.79. The van der Waals surface area contributed by atoms with Crippen molar-refractivity contribution >= 4 is 39.7 Å². The molecule has 1 aliphatic heterocycles. The number of alkyl halides is 1. The number of benzene rings is 1. The highest BCUT2D eigenvalue weighted by atomic mass is 35.5. The van der Waals surface area contributed by atoms with E-state index in [2.05, 4.69) is 27.0 Å². The number of aromatic nitrogens is 7. The second kappa shape index (κ2) is 9.98. The highest BCUT2D eigenvalue weighted by Gasteiger charge is 2.46. The number of aryl methyl sites for hydroxylation is 1. The van der Waals surface area contributed by atoms with Crippen molar-refractivity contribution in [1.82, 2.24) is 39.4 Å². The summed E-state index contributed by atoms with van der Waals surface area (Å²) in [5.41, 5.74) is 0.228. The molecule has 4 aromatic heterocycles. The summed E-state index contributed by atoms with van der Waals surface area (Å²) in [5, 5.41) is 11.0. The molecule has 42 heavy (non-hydrogen) atoms. The zero-order valence-corrected chi connectivity index (χ0v) is 23.8. The van der Waals surface area contributed by atoms with Crippen molar-refractivity contribution in [3.8, 4) is 16.9 Å². The van der Waals surface area contributed by atoms with Crippen LogP contribution in [0, 0.1) is 6.92 Å². The minimum absolute atomic E-state index is 0.0988. The van der Waals surface area contributed by atoms with E-state index in [1.165, 1.54) is 15.5 Å². The molecule has 0 radical (unpaired) electrons. The van der Waals surface area contributed by atoms with E-state index >= 15 is 4.39 Å². The Balaban J connectivity index is 1.66. The van der Waals surface area contributed by atoms with Gasteiger partial charge < -0.3 is 4.90 Å². The van der Waals surface area contributed by atoms with Crippen LogP contribution in [0.5, 0.6) is 0 Å². The maximum atomic E-state index is 15.8. The number of pyridine rings is 2. The molecule has 0 aliphatic carbocycles. The molecule has 1 aromatic carbocycles. The molecule has 0 spiro atoms. The number of nitrogens with one attached hydrogen (secondary N) is 1. The minimum Gasteiger partial charge on any atom is -0.332 e. The first-order chi connectivity index (χ1) is 20.0. The Morgan fingerprint density at radius 1 is 1.24 bits per heavy atom. The molecule has 5 aromatic rings. The number of H-pyrrole nitrogens is 1. The second-order valence-corrected chi connectivity index (χ2v) is 11.2. The van der Waals surface area contributed by atoms with Crippen molar-refractivity contribution in [2.24, 2.45) is 0 Å². The van der Waals surface area contributed by atoms with Crippen LogP contribution in [0.15, 0.2) is 58.8 Å². The first kappa shape index (κ1) is 27.5. The minimum atomic E-state index is -1.94. The van der Waals surface area contributed by atoms with Crippen LogP contribution >= 0.6 is 11.6 Å². The van der Waals surface area contributed by atoms with Crippen LogP contribution in [0.1, 0.15) is 31.0 Å². The molecule has 13 heteroatoms. The molecule has 1 saturated heterocycles. The SMILES string of the molecule is C=CC(=O)N1CC(F)(Cn2c(=O)c(=O)n(-c3c(C)ccnc3C(C)C)c3nc(-c4cccc5nn[nH]c45)c(Cl)cc32)C1. The lowest BCUT2D eigenvalue weighted by Crippen LogP contribution is -2.63. The van der Waals surface area contributed by atoms with Crippen molar-refractivity contribution in [3.63, 3.8) is 0 Å². The number of aromatic amines is 1. The Hall–Kier alpha value is -4.71. The molecule has 0 bridgehead atoms. The van der Waals surface area contributed by atoms with Gasteiger partial charge in [-0.2, -0.15) is 0 Å². The van der Waals surface area contributed by atoms with E-state index in [0.29, 0.717) is 39.2 Å². The predicted molar refractivity (Wildman–Crippen MR) is 157 cm³/mol. The van der Waals surface area contributed by atoms with E-state index in [1.807, 2.05) is 20.8 Å². The van der Waals surface area contributed by atoms with E-state index in [-0.39, 0.29) is 35.2 Å². The van der Waals surface area contributed by atoms with Crippen molar-refractivity contribution in [2.45, 2.75) is 38.9 Å². The summed E-state index contributed by atoms with van der Waals surface area (Å²) in [6.45, 7) is 8.15. The van der Waals surface area contributed by atoms with Gasteiger partial charge in [-0.15, -0.1) is 5.10 Å². The second-order valence-electron chi connectivity index (χ2n) is 10.8. The summed E-state index contributed by atoms with van der Waals surface area (Å²) in [6, 6.07) is 8.59. The quantitative estimate of drug-likeness (QED) is 0.236. The fourth-order valence-electron chi connectivity index (χ4n) is 5.46. The third-order valence-corrected chi connectivity index (χ3v) is 7.78. The molecule has 1 amide bonds. The first-order valence-corrected chi connectivity index (χ1v) is 13.6. The summed E-state index contributed by atoms with van der Waals surface area (Å²) < 4.78 is 18.1. The molecule has 214 valence electrons. The Kier molecular flexibility index (Phi) is 6.53. The van der Waals surface area contributed by atoms with Gasteiger partial charge >= 0.3 is 11.1 Å². The van der Waals surface area contributed by atoms with Gasteiger partial charge in [-0.3, -0.25) is 33.6 Å². The van der Waals surface area contributed by atoms with E-state index in [4.69, 9.17) is 16.6 Å². The van der Waals surface area contributed by atoms with Crippen LogP contribution in [0.25, 0.3) is 39.1 Å². The monoisotopic (exact) mass is 588 g/mol. The van der Waals surface area contributed by atoms with Gasteiger partial charge in [0.25, 0.3) is 0 Å². The number of hydrogen-bond donors (Lipinski definition) is 1. The molecule has 0 unspecified atom stereocenters. The lowest BCUT2D eigenvalue weighted by molar-refractivity contribution is -0.141. The number of fused-ring (bicyclic) bond motifs is 2. The fourth-order valence-corrected chi connectivity index (χ4v) is 5.71. The number of carbonyl (C=O) groups is 1. The maximum Gasteiger partial charge on any atom is 0.322 e. The van der Waals surface area contributed by atoms with Gasteiger partial charge in [0.05, 0.1) is 52.8 Å². The normalized spacial score (nSPS) is 14.5. The Morgan fingerprint density at radius 2 is 2.00 bits per heavy atom. The van der Waals surface area contributed by atoms with Crippen LogP contribution in [0.4, 0.5) is 4.39 Å². The lowest BCUT2D eigenvalue weighted by atomic mass is 9.95. The topological polar surface area (TPSA) is 132 Å². The Morgan fingerprint density at radius 3 is 2.71 bits per heavy atom. The summed E-state index contributed by atoms with van der Waals surface area (Å²) in [7, 11) is 0. The van der Waals surface area contributed by atoms with Gasteiger partial charge in [0.15, 0.2) is 11.3 Å². The van der Waals surface area contributed by atoms with Gasteiger partial charge in [0.2, 0.25) is 5.91 Å². The predicted octanol–water partition coefficient (Wildman–Crippen LogP) is 3.70. The van der Waals surface area contributed by atoms with Crippen LogP contribution < -0.4 is 11.1 Å². The summed E-state index contributed by atoms with van der Waals surface area (Å²) in [6.07, 6.45) is 2.75. The highest BCUT2D eigenvalue weighted by Crippen LogP contribution is 2.35. The van der Waals surface area contributed by atoms with E-state index in [1.54, 1.807) is 30.5 Å². The molecule has 11 nitrogen and oxygen atoms in total. The van der Waals surface area contributed by atoms with Crippen LogP contribution in [-0.2, 0) is 11.3 Å².